The largest absolute Gasteiger partial charge is 0.440 e. The Bertz CT molecular complexity index is 1440. The Morgan fingerprint density at radius 2 is 2.09 bits per heavy atom. The summed E-state index contributed by atoms with van der Waals surface area (Å²) in [6.45, 7) is 0.930. The predicted octanol–water partition coefficient (Wildman–Crippen LogP) is 3.17. The first-order chi connectivity index (χ1) is 16.6. The van der Waals surface area contributed by atoms with Crippen molar-refractivity contribution in [3.05, 3.63) is 64.6 Å². The van der Waals surface area contributed by atoms with Gasteiger partial charge >= 0.3 is 0 Å². The maximum atomic E-state index is 12.4. The number of aryl methyl sites for hydroxylation is 1. The number of oxazole rings is 1. The number of benzene rings is 2. The third kappa shape index (κ3) is 4.56. The molecule has 3 heterocycles. The topological polar surface area (TPSA) is 115 Å². The number of nitrogens with zero attached hydrogens (tertiary/aromatic N) is 4. The van der Waals surface area contributed by atoms with Crippen molar-refractivity contribution in [3.8, 4) is 11.3 Å². The molecule has 0 saturated heterocycles. The Hall–Kier alpha value is -3.60. The fourth-order valence-corrected chi connectivity index (χ4v) is 4.31. The van der Waals surface area contributed by atoms with Crippen molar-refractivity contribution >= 4 is 39.4 Å². The van der Waals surface area contributed by atoms with Gasteiger partial charge in [0.2, 0.25) is 5.89 Å². The van der Waals surface area contributed by atoms with Gasteiger partial charge in [0.05, 0.1) is 48.5 Å². The highest BCUT2D eigenvalue weighted by Gasteiger charge is 2.15. The first kappa shape index (κ1) is 22.2. The van der Waals surface area contributed by atoms with Crippen LogP contribution in [-0.4, -0.2) is 56.9 Å². The van der Waals surface area contributed by atoms with Crippen molar-refractivity contribution in [3.63, 3.8) is 0 Å². The van der Waals surface area contributed by atoms with Gasteiger partial charge in [-0.15, -0.1) is 11.3 Å². The average Bonchev–Trinajstić information content (AvgIpc) is 3.58. The number of aliphatic hydroxyl groups excluding tert-OH is 1. The minimum atomic E-state index is -0.198. The zero-order valence-electron chi connectivity index (χ0n) is 18.5. The van der Waals surface area contributed by atoms with E-state index in [9.17, 15) is 4.79 Å². The number of hydrogen-bond acceptors (Lipinski definition) is 8. The van der Waals surface area contributed by atoms with E-state index in [4.69, 9.17) is 19.2 Å². The molecule has 0 aliphatic rings. The second-order valence-electron chi connectivity index (χ2n) is 7.72. The third-order valence-electron chi connectivity index (χ3n) is 5.47. The van der Waals surface area contributed by atoms with Crippen molar-refractivity contribution < 1.29 is 19.1 Å². The second-order valence-corrected chi connectivity index (χ2v) is 8.44. The Balaban J connectivity index is 1.33. The van der Waals surface area contributed by atoms with Crippen LogP contribution in [0, 0.1) is 0 Å². The number of rotatable bonds is 9. The number of nitrogens with one attached hydrogen (secondary N) is 1. The summed E-state index contributed by atoms with van der Waals surface area (Å²) < 4.78 is 13.2. The molecule has 0 atom stereocenters. The van der Waals surface area contributed by atoms with Crippen molar-refractivity contribution in [2.45, 2.75) is 6.42 Å². The number of carbonyl (C=O) groups is 1. The quantitative estimate of drug-likeness (QED) is 0.313. The number of carbonyl (C=O) groups excluding carboxylic acids is 1. The fourth-order valence-electron chi connectivity index (χ4n) is 3.75. The highest BCUT2D eigenvalue weighted by molar-refractivity contribution is 7.07. The Morgan fingerprint density at radius 3 is 2.91 bits per heavy atom. The van der Waals surface area contributed by atoms with E-state index >= 15 is 0 Å². The lowest BCUT2D eigenvalue weighted by Gasteiger charge is -2.06. The minimum Gasteiger partial charge on any atom is -0.440 e. The lowest BCUT2D eigenvalue weighted by Crippen LogP contribution is -2.27. The molecule has 0 saturated carbocycles. The highest BCUT2D eigenvalue weighted by atomic mass is 32.1. The molecule has 0 spiro atoms. The molecule has 2 aromatic carbocycles. The van der Waals surface area contributed by atoms with Gasteiger partial charge in [-0.05, 0) is 30.3 Å². The maximum absolute atomic E-state index is 12.4. The molecule has 9 nitrogen and oxygen atoms in total. The smallest absolute Gasteiger partial charge is 0.251 e. The summed E-state index contributed by atoms with van der Waals surface area (Å²) in [4.78, 5) is 26.1. The number of imidazole rings is 1. The van der Waals surface area contributed by atoms with Crippen LogP contribution in [0.1, 0.15) is 22.1 Å². The van der Waals surface area contributed by atoms with Crippen molar-refractivity contribution in [1.29, 1.82) is 0 Å². The zero-order valence-corrected chi connectivity index (χ0v) is 19.3. The van der Waals surface area contributed by atoms with E-state index in [0.29, 0.717) is 36.6 Å². The van der Waals surface area contributed by atoms with Gasteiger partial charge in [-0.25, -0.2) is 15.0 Å². The molecule has 0 aliphatic carbocycles. The number of aliphatic hydroxyl groups is 1. The second kappa shape index (κ2) is 9.72. The van der Waals surface area contributed by atoms with E-state index in [1.54, 1.807) is 29.0 Å². The van der Waals surface area contributed by atoms with Gasteiger partial charge < -0.3 is 24.1 Å². The number of aromatic nitrogens is 4. The lowest BCUT2D eigenvalue weighted by molar-refractivity contribution is 0.0838. The van der Waals surface area contributed by atoms with Gasteiger partial charge in [0.15, 0.2) is 5.58 Å². The molecule has 0 bridgehead atoms. The van der Waals surface area contributed by atoms with Crippen LogP contribution in [0.2, 0.25) is 0 Å². The van der Waals surface area contributed by atoms with E-state index in [-0.39, 0.29) is 19.1 Å². The monoisotopic (exact) mass is 477 g/mol. The number of hydrogen-bond donors (Lipinski definition) is 2. The Morgan fingerprint density at radius 1 is 1.18 bits per heavy atom. The van der Waals surface area contributed by atoms with Crippen molar-refractivity contribution in [2.75, 3.05) is 26.4 Å². The van der Waals surface area contributed by atoms with Crippen LogP contribution in [0.15, 0.2) is 51.7 Å². The maximum Gasteiger partial charge on any atom is 0.251 e. The van der Waals surface area contributed by atoms with Gasteiger partial charge in [0.25, 0.3) is 5.91 Å². The predicted molar refractivity (Wildman–Crippen MR) is 129 cm³/mol. The van der Waals surface area contributed by atoms with Crippen LogP contribution >= 0.6 is 11.3 Å². The summed E-state index contributed by atoms with van der Waals surface area (Å²) in [5.74, 6) is 1.16. The normalized spacial score (nSPS) is 11.5. The van der Waals surface area contributed by atoms with Gasteiger partial charge in [-0.2, -0.15) is 0 Å². The van der Waals surface area contributed by atoms with Crippen LogP contribution in [0.5, 0.6) is 0 Å². The molecule has 5 aromatic rings. The Kier molecular flexibility index (Phi) is 6.35. The van der Waals surface area contributed by atoms with Crippen LogP contribution < -0.4 is 5.32 Å². The number of fused-ring (bicyclic) bond motifs is 2. The van der Waals surface area contributed by atoms with E-state index in [0.717, 1.165) is 33.6 Å². The molecule has 3 aromatic heterocycles. The number of thiazole rings is 1. The van der Waals surface area contributed by atoms with Gasteiger partial charge in [-0.1, -0.05) is 6.07 Å². The third-order valence-corrected chi connectivity index (χ3v) is 6.06. The minimum absolute atomic E-state index is 0.0379. The number of ether oxygens (including phenoxy) is 1. The summed E-state index contributed by atoms with van der Waals surface area (Å²) in [6, 6.07) is 11.3. The van der Waals surface area contributed by atoms with Gasteiger partial charge in [-0.3, -0.25) is 4.79 Å². The fraction of sp³-hybridized carbons (Fsp3) is 0.250. The molecule has 10 heteroatoms. The summed E-state index contributed by atoms with van der Waals surface area (Å²) in [7, 11) is 1.94. The zero-order chi connectivity index (χ0) is 23.5. The van der Waals surface area contributed by atoms with Crippen LogP contribution in [0.3, 0.4) is 0 Å². The van der Waals surface area contributed by atoms with E-state index in [1.165, 1.54) is 0 Å². The summed E-state index contributed by atoms with van der Waals surface area (Å²) in [5.41, 5.74) is 7.37. The summed E-state index contributed by atoms with van der Waals surface area (Å²) in [6.07, 6.45) is 0.426. The molecule has 0 radical (unpaired) electrons. The molecular weight excluding hydrogens is 454 g/mol. The van der Waals surface area contributed by atoms with E-state index in [1.807, 2.05) is 41.3 Å². The molecule has 0 aliphatic heterocycles. The van der Waals surface area contributed by atoms with Gasteiger partial charge in [0.1, 0.15) is 11.3 Å². The van der Waals surface area contributed by atoms with Crippen LogP contribution in [-0.2, 0) is 18.2 Å². The average molecular weight is 478 g/mol. The molecule has 2 N–H and O–H groups in total. The Labute approximate surface area is 199 Å². The van der Waals surface area contributed by atoms with E-state index < -0.39 is 0 Å². The SMILES string of the molecule is Cn1c(Cc2nc3ccc(-c4cscn4)cc3o2)nc2cc(C(=O)NCCOCCO)ccc21. The molecule has 1 amide bonds. The molecule has 174 valence electrons. The first-order valence-electron chi connectivity index (χ1n) is 10.8. The van der Waals surface area contributed by atoms with E-state index in [2.05, 4.69) is 15.3 Å². The van der Waals surface area contributed by atoms with Crippen LogP contribution in [0.4, 0.5) is 0 Å². The molecule has 0 fully saturated rings. The molecule has 0 unspecified atom stereocenters. The number of amides is 1. The standard InChI is InChI=1S/C24H23N5O4S/c1-29-20-5-3-16(24(31)25-6-8-32-9-7-30)10-18(20)27-22(29)12-23-28-17-4-2-15(11-21(17)33-23)19-13-34-14-26-19/h2-5,10-11,13-14,30H,6-9,12H2,1H3,(H,25,31). The molecule has 34 heavy (non-hydrogen) atoms. The summed E-state index contributed by atoms with van der Waals surface area (Å²) >= 11 is 1.55. The molecule has 5 rings (SSSR count). The van der Waals surface area contributed by atoms with Gasteiger partial charge in [0, 0.05) is 30.1 Å². The van der Waals surface area contributed by atoms with Crippen molar-refractivity contribution in [2.24, 2.45) is 7.05 Å². The lowest BCUT2D eigenvalue weighted by atomic mass is 10.1. The summed E-state index contributed by atoms with van der Waals surface area (Å²) in [5, 5.41) is 13.5. The van der Waals surface area contributed by atoms with Crippen molar-refractivity contribution in [1.82, 2.24) is 24.8 Å². The highest BCUT2D eigenvalue weighted by Crippen LogP contribution is 2.26. The first-order valence-corrected chi connectivity index (χ1v) is 11.8. The molecular formula is C24H23N5O4S. The van der Waals surface area contributed by atoms with Crippen LogP contribution in [0.25, 0.3) is 33.4 Å².